The molecule has 6 nitrogen and oxygen atoms in total. The van der Waals surface area contributed by atoms with E-state index < -0.39 is 16.1 Å². The van der Waals surface area contributed by atoms with E-state index >= 15 is 0 Å². The SMILES string of the molecule is C[C@H](O)C#Cc1ccc([C@@H]2[C@@H](CO)N3CCCCN(S(=O)(=O)c4ccccc4)C[C@@H]23)cc1. The summed E-state index contributed by atoms with van der Waals surface area (Å²) in [6.07, 6.45) is 1.02. The molecule has 0 saturated carbocycles. The fraction of sp³-hybridized carbons (Fsp3) is 0.440. The predicted molar refractivity (Wildman–Crippen MR) is 124 cm³/mol. The molecule has 4 rings (SSSR count). The van der Waals surface area contributed by atoms with Crippen molar-refractivity contribution in [2.75, 3.05) is 26.2 Å². The van der Waals surface area contributed by atoms with Crippen LogP contribution in [0, 0.1) is 11.8 Å². The number of aliphatic hydroxyl groups is 2. The Labute approximate surface area is 190 Å². The molecular formula is C25H30N2O4S. The molecule has 170 valence electrons. The van der Waals surface area contributed by atoms with Crippen LogP contribution in [0.3, 0.4) is 0 Å². The molecule has 0 radical (unpaired) electrons. The summed E-state index contributed by atoms with van der Waals surface area (Å²) < 4.78 is 28.2. The third kappa shape index (κ3) is 4.61. The Morgan fingerprint density at radius 3 is 2.41 bits per heavy atom. The molecule has 2 N–H and O–H groups in total. The summed E-state index contributed by atoms with van der Waals surface area (Å²) in [6.45, 7) is 3.44. The normalized spacial score (nSPS) is 25.4. The number of sulfonamides is 1. The van der Waals surface area contributed by atoms with E-state index in [1.807, 2.05) is 30.3 Å². The maximum absolute atomic E-state index is 13.3. The number of aliphatic hydroxyl groups excluding tert-OH is 2. The van der Waals surface area contributed by atoms with Gasteiger partial charge in [0.25, 0.3) is 0 Å². The summed E-state index contributed by atoms with van der Waals surface area (Å²) in [5, 5.41) is 19.5. The Bertz CT molecular complexity index is 1070. The second kappa shape index (κ2) is 9.74. The lowest BCUT2D eigenvalue weighted by Crippen LogP contribution is -2.67. The highest BCUT2D eigenvalue weighted by molar-refractivity contribution is 7.89. The first kappa shape index (κ1) is 23.0. The van der Waals surface area contributed by atoms with Crippen molar-refractivity contribution in [3.8, 4) is 11.8 Å². The van der Waals surface area contributed by atoms with Gasteiger partial charge in [0.1, 0.15) is 6.10 Å². The summed E-state index contributed by atoms with van der Waals surface area (Å²) >= 11 is 0. The lowest BCUT2D eigenvalue weighted by Gasteiger charge is -2.57. The van der Waals surface area contributed by atoms with Crippen LogP contribution < -0.4 is 0 Å². The number of nitrogens with zero attached hydrogens (tertiary/aromatic N) is 2. The number of benzene rings is 2. The molecule has 2 aliphatic rings. The molecule has 0 bridgehead atoms. The van der Waals surface area contributed by atoms with Crippen LogP contribution in [0.25, 0.3) is 0 Å². The van der Waals surface area contributed by atoms with E-state index in [4.69, 9.17) is 0 Å². The summed E-state index contributed by atoms with van der Waals surface area (Å²) in [6, 6.07) is 16.5. The van der Waals surface area contributed by atoms with E-state index in [0.717, 1.165) is 30.5 Å². The monoisotopic (exact) mass is 454 g/mol. The van der Waals surface area contributed by atoms with Gasteiger partial charge in [0, 0.05) is 36.7 Å². The van der Waals surface area contributed by atoms with Crippen molar-refractivity contribution in [2.45, 2.75) is 48.8 Å². The molecule has 2 aromatic carbocycles. The lowest BCUT2D eigenvalue weighted by molar-refractivity contribution is -0.0553. The first-order valence-electron chi connectivity index (χ1n) is 11.1. The second-order valence-corrected chi connectivity index (χ2v) is 10.5. The molecule has 0 unspecified atom stereocenters. The van der Waals surface area contributed by atoms with E-state index in [9.17, 15) is 18.6 Å². The summed E-state index contributed by atoms with van der Waals surface area (Å²) in [7, 11) is -3.57. The van der Waals surface area contributed by atoms with Crippen LogP contribution in [0.15, 0.2) is 59.5 Å². The molecule has 0 aliphatic carbocycles. The fourth-order valence-corrected chi connectivity index (χ4v) is 6.36. The number of hydrogen-bond donors (Lipinski definition) is 2. The average molecular weight is 455 g/mol. The zero-order chi connectivity index (χ0) is 22.7. The number of hydrogen-bond acceptors (Lipinski definition) is 5. The molecule has 2 aromatic rings. The molecule has 7 heteroatoms. The Kier molecular flexibility index (Phi) is 6.99. The van der Waals surface area contributed by atoms with Crippen LogP contribution in [-0.4, -0.2) is 72.3 Å². The van der Waals surface area contributed by atoms with Crippen LogP contribution in [-0.2, 0) is 10.0 Å². The van der Waals surface area contributed by atoms with Gasteiger partial charge in [-0.3, -0.25) is 4.90 Å². The minimum Gasteiger partial charge on any atom is -0.395 e. The average Bonchev–Trinajstić information content (AvgIpc) is 2.78. The summed E-state index contributed by atoms with van der Waals surface area (Å²) in [5.41, 5.74) is 1.89. The van der Waals surface area contributed by atoms with E-state index in [1.54, 1.807) is 35.5 Å². The number of fused-ring (bicyclic) bond motifs is 1. The number of rotatable bonds is 4. The minimum absolute atomic E-state index is 0.0142. The Morgan fingerprint density at radius 1 is 1.06 bits per heavy atom. The lowest BCUT2D eigenvalue weighted by atomic mass is 9.74. The first-order chi connectivity index (χ1) is 15.4. The molecule has 0 spiro atoms. The van der Waals surface area contributed by atoms with Crippen LogP contribution in [0.1, 0.15) is 36.8 Å². The van der Waals surface area contributed by atoms with Gasteiger partial charge < -0.3 is 10.2 Å². The summed E-state index contributed by atoms with van der Waals surface area (Å²) in [4.78, 5) is 2.58. The molecule has 2 heterocycles. The van der Waals surface area contributed by atoms with Crippen molar-refractivity contribution in [1.29, 1.82) is 0 Å². The molecule has 4 atom stereocenters. The van der Waals surface area contributed by atoms with E-state index in [-0.39, 0.29) is 24.6 Å². The van der Waals surface area contributed by atoms with Crippen LogP contribution in [0.2, 0.25) is 0 Å². The first-order valence-corrected chi connectivity index (χ1v) is 12.6. The van der Waals surface area contributed by atoms with Crippen molar-refractivity contribution in [1.82, 2.24) is 9.21 Å². The zero-order valence-corrected chi connectivity index (χ0v) is 19.1. The maximum atomic E-state index is 13.3. The zero-order valence-electron chi connectivity index (χ0n) is 18.3. The molecule has 2 aliphatic heterocycles. The molecular weight excluding hydrogens is 424 g/mol. The van der Waals surface area contributed by atoms with Crippen molar-refractivity contribution >= 4 is 10.0 Å². The van der Waals surface area contributed by atoms with Gasteiger partial charge in [-0.05, 0) is 56.1 Å². The summed E-state index contributed by atoms with van der Waals surface area (Å²) in [5.74, 6) is 5.73. The highest BCUT2D eigenvalue weighted by atomic mass is 32.2. The molecule has 2 fully saturated rings. The minimum atomic E-state index is -3.57. The van der Waals surface area contributed by atoms with Crippen molar-refractivity contribution in [3.63, 3.8) is 0 Å². The van der Waals surface area contributed by atoms with Gasteiger partial charge in [-0.2, -0.15) is 4.31 Å². The maximum Gasteiger partial charge on any atom is 0.243 e. The largest absolute Gasteiger partial charge is 0.395 e. The van der Waals surface area contributed by atoms with Crippen molar-refractivity contribution in [2.24, 2.45) is 0 Å². The van der Waals surface area contributed by atoms with Crippen LogP contribution in [0.5, 0.6) is 0 Å². The highest BCUT2D eigenvalue weighted by Gasteiger charge is 2.50. The van der Waals surface area contributed by atoms with Gasteiger partial charge in [-0.1, -0.05) is 42.2 Å². The van der Waals surface area contributed by atoms with Crippen LogP contribution in [0.4, 0.5) is 0 Å². The smallest absolute Gasteiger partial charge is 0.243 e. The van der Waals surface area contributed by atoms with Gasteiger partial charge in [-0.15, -0.1) is 0 Å². The topological polar surface area (TPSA) is 81.1 Å². The standard InChI is InChI=1S/C25H30N2O4S/c1-19(29)9-10-20-11-13-21(14-12-20)25-23-17-26(15-5-6-16-27(23)24(25)18-28)32(30,31)22-7-3-2-4-8-22/h2-4,7-8,11-14,19,23-25,28-29H,5-6,15-18H2,1H3/t19-,23-,24+,25-/m0/s1. The third-order valence-corrected chi connectivity index (χ3v) is 8.31. The fourth-order valence-electron chi connectivity index (χ4n) is 4.85. The highest BCUT2D eigenvalue weighted by Crippen LogP contribution is 2.42. The predicted octanol–water partition coefficient (Wildman–Crippen LogP) is 2.03. The Balaban J connectivity index is 1.60. The van der Waals surface area contributed by atoms with Gasteiger partial charge in [0.05, 0.1) is 11.5 Å². The van der Waals surface area contributed by atoms with E-state index in [1.165, 1.54) is 0 Å². The quantitative estimate of drug-likeness (QED) is 0.691. The van der Waals surface area contributed by atoms with Gasteiger partial charge >= 0.3 is 0 Å². The molecule has 32 heavy (non-hydrogen) atoms. The molecule has 0 aromatic heterocycles. The van der Waals surface area contributed by atoms with Crippen molar-refractivity contribution in [3.05, 3.63) is 65.7 Å². The van der Waals surface area contributed by atoms with E-state index in [0.29, 0.717) is 18.0 Å². The van der Waals surface area contributed by atoms with Gasteiger partial charge in [0.15, 0.2) is 0 Å². The Morgan fingerprint density at radius 2 is 1.75 bits per heavy atom. The van der Waals surface area contributed by atoms with Gasteiger partial charge in [0.2, 0.25) is 10.0 Å². The van der Waals surface area contributed by atoms with Crippen molar-refractivity contribution < 1.29 is 18.6 Å². The second-order valence-electron chi connectivity index (χ2n) is 8.53. The molecule has 0 amide bonds. The Hall–Kier alpha value is -2.21. The van der Waals surface area contributed by atoms with E-state index in [2.05, 4.69) is 16.7 Å². The van der Waals surface area contributed by atoms with Crippen LogP contribution >= 0.6 is 0 Å². The third-order valence-electron chi connectivity index (χ3n) is 6.43. The van der Waals surface area contributed by atoms with Gasteiger partial charge in [-0.25, -0.2) is 8.42 Å². The molecule has 2 saturated heterocycles.